The number of hydrogen-bond acceptors (Lipinski definition) is 7. The molecule has 6 heterocycles. The number of esters is 1. The summed E-state index contributed by atoms with van der Waals surface area (Å²) in [5, 5.41) is 10.6. The summed E-state index contributed by atoms with van der Waals surface area (Å²) in [5.41, 5.74) is 0.346. The first-order valence-electron chi connectivity index (χ1n) is 10.9. The molecule has 6 rings (SSSR count). The summed E-state index contributed by atoms with van der Waals surface area (Å²) in [4.78, 5) is 14.8. The second kappa shape index (κ2) is 5.56. The van der Waals surface area contributed by atoms with Gasteiger partial charge in [-0.3, -0.25) is 4.90 Å². The van der Waals surface area contributed by atoms with E-state index in [1.165, 1.54) is 0 Å². The number of aliphatic hydroxyl groups is 1. The zero-order valence-electron chi connectivity index (χ0n) is 17.4. The number of cyclic esters (lactones) is 1. The summed E-state index contributed by atoms with van der Waals surface area (Å²) in [6.45, 7) is 6.95. The Bertz CT molecular complexity index is 865. The fourth-order valence-corrected chi connectivity index (χ4v) is 7.61. The van der Waals surface area contributed by atoms with Crippen molar-refractivity contribution in [3.05, 3.63) is 22.9 Å². The average molecular weight is 403 g/mol. The first-order valence-corrected chi connectivity index (χ1v) is 10.9. The van der Waals surface area contributed by atoms with Crippen LogP contribution < -0.4 is 0 Å². The predicted octanol–water partition coefficient (Wildman–Crippen LogP) is 2.06. The average Bonchev–Trinajstić information content (AvgIpc) is 3.40. The maximum absolute atomic E-state index is 12.2. The van der Waals surface area contributed by atoms with Gasteiger partial charge in [-0.2, -0.15) is 0 Å². The van der Waals surface area contributed by atoms with Crippen LogP contribution in [0.2, 0.25) is 0 Å². The molecule has 0 aromatic heterocycles. The number of carbonyl (C=O) groups excluding carboxylic acids is 1. The highest BCUT2D eigenvalue weighted by molar-refractivity contribution is 5.93. The van der Waals surface area contributed by atoms with Crippen LogP contribution in [0.15, 0.2) is 22.9 Å². The smallest absolute Gasteiger partial charge is 0.343 e. The molecule has 29 heavy (non-hydrogen) atoms. The lowest BCUT2D eigenvalue weighted by Gasteiger charge is -2.48. The molecule has 1 spiro atoms. The molecule has 158 valence electrons. The number of ether oxygens (including phenoxy) is 4. The van der Waals surface area contributed by atoms with E-state index in [-0.39, 0.29) is 41.5 Å². The number of aliphatic hydroxyl groups excluding tert-OH is 1. The predicted molar refractivity (Wildman–Crippen MR) is 101 cm³/mol. The molecular formula is C22H29NO6. The number of rotatable bonds is 4. The largest absolute Gasteiger partial charge is 0.492 e. The van der Waals surface area contributed by atoms with Crippen molar-refractivity contribution in [2.45, 2.75) is 76.0 Å². The Morgan fingerprint density at radius 2 is 2.21 bits per heavy atom. The van der Waals surface area contributed by atoms with Crippen molar-refractivity contribution in [3.8, 4) is 0 Å². The molecular weight excluding hydrogens is 374 g/mol. The van der Waals surface area contributed by atoms with E-state index in [0.29, 0.717) is 28.9 Å². The molecule has 6 aliphatic heterocycles. The van der Waals surface area contributed by atoms with E-state index in [4.69, 9.17) is 18.9 Å². The van der Waals surface area contributed by atoms with Gasteiger partial charge in [0.05, 0.1) is 36.3 Å². The molecule has 0 saturated carbocycles. The van der Waals surface area contributed by atoms with Gasteiger partial charge < -0.3 is 24.1 Å². The first kappa shape index (κ1) is 18.2. The van der Waals surface area contributed by atoms with E-state index in [1.54, 1.807) is 14.0 Å². The summed E-state index contributed by atoms with van der Waals surface area (Å²) in [7, 11) is 1.56. The van der Waals surface area contributed by atoms with E-state index < -0.39 is 5.79 Å². The first-order chi connectivity index (χ1) is 13.9. The molecule has 7 nitrogen and oxygen atoms in total. The van der Waals surface area contributed by atoms with Crippen LogP contribution in [0.3, 0.4) is 0 Å². The molecule has 0 amide bonds. The highest BCUT2D eigenvalue weighted by atomic mass is 16.7. The van der Waals surface area contributed by atoms with E-state index >= 15 is 0 Å². The van der Waals surface area contributed by atoms with Crippen LogP contribution in [0.5, 0.6) is 0 Å². The molecule has 5 bridgehead atoms. The van der Waals surface area contributed by atoms with Gasteiger partial charge in [-0.25, -0.2) is 4.79 Å². The van der Waals surface area contributed by atoms with Crippen molar-refractivity contribution >= 4 is 5.97 Å². The summed E-state index contributed by atoms with van der Waals surface area (Å²) in [6, 6.07) is 0.373. The van der Waals surface area contributed by atoms with Crippen molar-refractivity contribution < 1.29 is 28.8 Å². The molecule has 0 aromatic rings. The quantitative estimate of drug-likeness (QED) is 0.720. The Labute approximate surface area is 170 Å². The van der Waals surface area contributed by atoms with Crippen molar-refractivity contribution in [1.29, 1.82) is 0 Å². The molecule has 0 aliphatic carbocycles. The number of allylic oxidation sites excluding steroid dienone is 1. The minimum absolute atomic E-state index is 0.0649. The molecule has 6 aliphatic rings. The molecule has 7 heteroatoms. The van der Waals surface area contributed by atoms with Gasteiger partial charge in [0.15, 0.2) is 5.76 Å². The Morgan fingerprint density at radius 3 is 2.93 bits per heavy atom. The van der Waals surface area contributed by atoms with Crippen molar-refractivity contribution in [1.82, 2.24) is 4.90 Å². The van der Waals surface area contributed by atoms with E-state index in [1.807, 2.05) is 6.92 Å². The minimum Gasteiger partial charge on any atom is -0.492 e. The monoisotopic (exact) mass is 403 g/mol. The molecule has 5 fully saturated rings. The van der Waals surface area contributed by atoms with Gasteiger partial charge in [-0.15, -0.1) is 0 Å². The Balaban J connectivity index is 1.46. The molecule has 0 aromatic carbocycles. The molecule has 9 atom stereocenters. The highest BCUT2D eigenvalue weighted by Gasteiger charge is 2.84. The third-order valence-corrected chi connectivity index (χ3v) is 8.63. The number of carbonyl (C=O) groups is 1. The fraction of sp³-hybridized carbons (Fsp3) is 0.773. The zero-order valence-corrected chi connectivity index (χ0v) is 17.4. The maximum Gasteiger partial charge on any atom is 0.343 e. The third kappa shape index (κ3) is 1.85. The normalized spacial score (nSPS) is 52.2. The van der Waals surface area contributed by atoms with Gasteiger partial charge >= 0.3 is 5.97 Å². The standard InChI is InChI=1S/C22H29NO6/c1-5-12(24)9-21-14-6-7-23(21)13-8-15(21)28-22(14)16(13)10(2)18(29-22)19-17(26-4)11(3)20(25)27-19/h10,12-16,24H,5-9H2,1-4H3/b19-18+/t10-,12-,13-,14-,15-,16+,21-,22+/m0/s1. The molecule has 5 saturated heterocycles. The zero-order chi connectivity index (χ0) is 20.3. The number of hydrogen-bond donors (Lipinski definition) is 1. The number of nitrogens with zero attached hydrogens (tertiary/aromatic N) is 1. The SMILES string of the molecule is CC[C@H](O)C[C@@]12[C@@H]3C[C@H]4[C@H]5[C@H](C)/C(=C6\OC(=O)C(C)=C6OC)O[C@]5(O3)[C@H]1CCN42. The van der Waals surface area contributed by atoms with E-state index in [2.05, 4.69) is 11.8 Å². The van der Waals surface area contributed by atoms with E-state index in [0.717, 1.165) is 32.2 Å². The van der Waals surface area contributed by atoms with Crippen LogP contribution in [0.4, 0.5) is 0 Å². The molecule has 1 unspecified atom stereocenters. The van der Waals surface area contributed by atoms with Gasteiger partial charge in [0.2, 0.25) is 11.5 Å². The van der Waals surface area contributed by atoms with Crippen LogP contribution in [0.25, 0.3) is 0 Å². The summed E-state index contributed by atoms with van der Waals surface area (Å²) >= 11 is 0. The minimum atomic E-state index is -0.683. The lowest BCUT2D eigenvalue weighted by Crippen LogP contribution is -2.61. The van der Waals surface area contributed by atoms with Gasteiger partial charge in [0.25, 0.3) is 0 Å². The maximum atomic E-state index is 12.2. The van der Waals surface area contributed by atoms with Crippen molar-refractivity contribution in [2.24, 2.45) is 17.8 Å². The van der Waals surface area contributed by atoms with Gasteiger partial charge in [0.1, 0.15) is 5.76 Å². The Hall–Kier alpha value is -1.57. The Morgan fingerprint density at radius 1 is 1.41 bits per heavy atom. The lowest BCUT2D eigenvalue weighted by molar-refractivity contribution is -0.256. The van der Waals surface area contributed by atoms with Crippen LogP contribution in [-0.4, -0.2) is 59.2 Å². The Kier molecular flexibility index (Phi) is 3.49. The van der Waals surface area contributed by atoms with Crippen LogP contribution >= 0.6 is 0 Å². The van der Waals surface area contributed by atoms with Crippen LogP contribution in [0.1, 0.15) is 46.5 Å². The second-order valence-corrected chi connectivity index (χ2v) is 9.58. The van der Waals surface area contributed by atoms with Gasteiger partial charge in [0, 0.05) is 17.9 Å². The number of fused-ring (bicyclic) bond motifs is 1. The lowest BCUT2D eigenvalue weighted by atomic mass is 9.69. The fourth-order valence-electron chi connectivity index (χ4n) is 7.61. The number of piperidine rings is 1. The summed E-state index contributed by atoms with van der Waals surface area (Å²) < 4.78 is 24.5. The highest BCUT2D eigenvalue weighted by Crippen LogP contribution is 2.73. The third-order valence-electron chi connectivity index (χ3n) is 8.63. The molecule has 0 radical (unpaired) electrons. The van der Waals surface area contributed by atoms with Crippen LogP contribution in [-0.2, 0) is 23.7 Å². The van der Waals surface area contributed by atoms with E-state index in [9.17, 15) is 9.90 Å². The van der Waals surface area contributed by atoms with Crippen LogP contribution in [0, 0.1) is 17.8 Å². The van der Waals surface area contributed by atoms with Gasteiger partial charge in [-0.1, -0.05) is 13.8 Å². The summed E-state index contributed by atoms with van der Waals surface area (Å²) in [5.74, 6) is 0.990. The number of methoxy groups -OCH3 is 1. The summed E-state index contributed by atoms with van der Waals surface area (Å²) in [6.07, 6.45) is 3.26. The topological polar surface area (TPSA) is 77.5 Å². The van der Waals surface area contributed by atoms with Crippen molar-refractivity contribution in [2.75, 3.05) is 13.7 Å². The van der Waals surface area contributed by atoms with Crippen molar-refractivity contribution in [3.63, 3.8) is 0 Å². The van der Waals surface area contributed by atoms with Gasteiger partial charge in [-0.05, 0) is 39.2 Å². The second-order valence-electron chi connectivity index (χ2n) is 9.58. The molecule has 1 N–H and O–H groups in total.